The normalized spacial score (nSPS) is 35.2. The minimum Gasteiger partial charge on any atom is -0.394 e. The SMILES string of the molecule is CCN1CCN(CCC2CCCC2(N)CO)CC1. The van der Waals surface area contributed by atoms with Crippen molar-refractivity contribution in [1.29, 1.82) is 0 Å². The van der Waals surface area contributed by atoms with Gasteiger partial charge in [0.05, 0.1) is 6.61 Å². The fourth-order valence-electron chi connectivity index (χ4n) is 3.48. The molecule has 2 aliphatic rings. The second-order valence-corrected chi connectivity index (χ2v) is 6.05. The second kappa shape index (κ2) is 6.33. The molecule has 1 aliphatic carbocycles. The van der Waals surface area contributed by atoms with Crippen molar-refractivity contribution in [3.63, 3.8) is 0 Å². The lowest BCUT2D eigenvalue weighted by Crippen LogP contribution is -2.49. The molecular formula is C14H29N3O. The van der Waals surface area contributed by atoms with Crippen molar-refractivity contribution in [2.24, 2.45) is 11.7 Å². The van der Waals surface area contributed by atoms with E-state index in [1.807, 2.05) is 0 Å². The van der Waals surface area contributed by atoms with Crippen LogP contribution in [0.1, 0.15) is 32.6 Å². The number of piperazine rings is 1. The standard InChI is InChI=1S/C14H29N3O/c1-2-16-8-10-17(11-9-16)7-5-13-4-3-6-14(13,15)12-18/h13,18H,2-12,15H2,1H3. The average Bonchev–Trinajstić information content (AvgIpc) is 2.79. The van der Waals surface area contributed by atoms with Gasteiger partial charge in [0.2, 0.25) is 0 Å². The largest absolute Gasteiger partial charge is 0.394 e. The van der Waals surface area contributed by atoms with Crippen LogP contribution in [0.25, 0.3) is 0 Å². The quantitative estimate of drug-likeness (QED) is 0.751. The summed E-state index contributed by atoms with van der Waals surface area (Å²) in [4.78, 5) is 5.06. The molecule has 2 unspecified atom stereocenters. The van der Waals surface area contributed by atoms with Crippen LogP contribution in [0.3, 0.4) is 0 Å². The number of rotatable bonds is 5. The summed E-state index contributed by atoms with van der Waals surface area (Å²) < 4.78 is 0. The van der Waals surface area contributed by atoms with Crippen LogP contribution in [0.2, 0.25) is 0 Å². The zero-order valence-electron chi connectivity index (χ0n) is 11.8. The summed E-state index contributed by atoms with van der Waals surface area (Å²) in [7, 11) is 0. The fraction of sp³-hybridized carbons (Fsp3) is 1.00. The lowest BCUT2D eigenvalue weighted by Gasteiger charge is -2.36. The van der Waals surface area contributed by atoms with E-state index in [0.717, 1.165) is 19.4 Å². The van der Waals surface area contributed by atoms with E-state index in [1.54, 1.807) is 0 Å². The number of nitrogens with zero attached hydrogens (tertiary/aromatic N) is 2. The minimum atomic E-state index is -0.286. The van der Waals surface area contributed by atoms with Crippen LogP contribution in [0, 0.1) is 5.92 Å². The van der Waals surface area contributed by atoms with Gasteiger partial charge in [-0.1, -0.05) is 13.3 Å². The van der Waals surface area contributed by atoms with Gasteiger partial charge in [-0.25, -0.2) is 0 Å². The Bertz CT molecular complexity index is 253. The van der Waals surface area contributed by atoms with Gasteiger partial charge in [0.15, 0.2) is 0 Å². The third kappa shape index (κ3) is 3.23. The molecule has 2 atom stereocenters. The summed E-state index contributed by atoms with van der Waals surface area (Å²) in [6.45, 7) is 9.51. The summed E-state index contributed by atoms with van der Waals surface area (Å²) in [6, 6.07) is 0. The predicted octanol–water partition coefficient (Wildman–Crippen LogP) is 0.504. The van der Waals surface area contributed by atoms with Gasteiger partial charge in [-0.05, 0) is 38.3 Å². The Labute approximate surface area is 111 Å². The molecule has 2 fully saturated rings. The third-order valence-electron chi connectivity index (χ3n) is 5.01. The fourth-order valence-corrected chi connectivity index (χ4v) is 3.48. The molecule has 4 nitrogen and oxygen atoms in total. The molecule has 0 aromatic rings. The average molecular weight is 255 g/mol. The Hall–Kier alpha value is -0.160. The first kappa shape index (κ1) is 14.3. The van der Waals surface area contributed by atoms with Crippen molar-refractivity contribution in [1.82, 2.24) is 9.80 Å². The van der Waals surface area contributed by atoms with Crippen molar-refractivity contribution < 1.29 is 5.11 Å². The van der Waals surface area contributed by atoms with E-state index in [9.17, 15) is 5.11 Å². The van der Waals surface area contributed by atoms with Crippen molar-refractivity contribution in [2.45, 2.75) is 38.1 Å². The molecule has 1 heterocycles. The molecule has 1 saturated carbocycles. The lowest BCUT2D eigenvalue weighted by molar-refractivity contribution is 0.113. The highest BCUT2D eigenvalue weighted by Crippen LogP contribution is 2.35. The Morgan fingerprint density at radius 2 is 1.89 bits per heavy atom. The summed E-state index contributed by atoms with van der Waals surface area (Å²) in [5.41, 5.74) is 6.00. The minimum absolute atomic E-state index is 0.154. The molecule has 0 radical (unpaired) electrons. The monoisotopic (exact) mass is 255 g/mol. The van der Waals surface area contributed by atoms with Gasteiger partial charge in [-0.3, -0.25) is 0 Å². The van der Waals surface area contributed by atoms with Crippen LogP contribution < -0.4 is 5.73 Å². The van der Waals surface area contributed by atoms with Crippen molar-refractivity contribution in [2.75, 3.05) is 45.9 Å². The number of aliphatic hydroxyl groups excluding tert-OH is 1. The van der Waals surface area contributed by atoms with E-state index in [-0.39, 0.29) is 12.1 Å². The predicted molar refractivity (Wildman–Crippen MR) is 74.5 cm³/mol. The molecular weight excluding hydrogens is 226 g/mol. The molecule has 3 N–H and O–H groups in total. The lowest BCUT2D eigenvalue weighted by atomic mass is 9.86. The Morgan fingerprint density at radius 3 is 2.50 bits per heavy atom. The van der Waals surface area contributed by atoms with Crippen LogP contribution in [0.4, 0.5) is 0 Å². The number of aliphatic hydroxyl groups is 1. The van der Waals surface area contributed by atoms with E-state index in [2.05, 4.69) is 16.7 Å². The molecule has 1 aliphatic heterocycles. The number of nitrogens with two attached hydrogens (primary N) is 1. The van der Waals surface area contributed by atoms with Crippen LogP contribution in [-0.4, -0.2) is 66.3 Å². The van der Waals surface area contributed by atoms with Crippen LogP contribution in [-0.2, 0) is 0 Å². The molecule has 1 saturated heterocycles. The van der Waals surface area contributed by atoms with Gasteiger partial charge in [0, 0.05) is 31.7 Å². The summed E-state index contributed by atoms with van der Waals surface area (Å²) >= 11 is 0. The van der Waals surface area contributed by atoms with E-state index < -0.39 is 0 Å². The number of likely N-dealkylation sites (N-methyl/N-ethyl adjacent to an activating group) is 1. The molecule has 18 heavy (non-hydrogen) atoms. The Kier molecular flexibility index (Phi) is 5.01. The zero-order valence-corrected chi connectivity index (χ0v) is 11.8. The highest BCUT2D eigenvalue weighted by molar-refractivity contribution is 4.96. The molecule has 0 spiro atoms. The maximum Gasteiger partial charge on any atom is 0.0613 e. The molecule has 0 bridgehead atoms. The zero-order chi connectivity index (χ0) is 13.0. The van der Waals surface area contributed by atoms with E-state index in [1.165, 1.54) is 45.6 Å². The number of hydrogen-bond donors (Lipinski definition) is 2. The molecule has 106 valence electrons. The Balaban J connectivity index is 1.72. The number of hydrogen-bond acceptors (Lipinski definition) is 4. The van der Waals surface area contributed by atoms with E-state index in [4.69, 9.17) is 5.73 Å². The highest BCUT2D eigenvalue weighted by Gasteiger charge is 2.38. The maximum atomic E-state index is 9.45. The van der Waals surface area contributed by atoms with Gasteiger partial charge in [-0.15, -0.1) is 0 Å². The van der Waals surface area contributed by atoms with Gasteiger partial charge in [0.1, 0.15) is 0 Å². The first-order valence-electron chi connectivity index (χ1n) is 7.52. The van der Waals surface area contributed by atoms with E-state index >= 15 is 0 Å². The first-order valence-corrected chi connectivity index (χ1v) is 7.52. The summed E-state index contributed by atoms with van der Waals surface area (Å²) in [5, 5.41) is 9.45. The first-order chi connectivity index (χ1) is 8.68. The topological polar surface area (TPSA) is 52.7 Å². The third-order valence-corrected chi connectivity index (χ3v) is 5.01. The Morgan fingerprint density at radius 1 is 1.22 bits per heavy atom. The second-order valence-electron chi connectivity index (χ2n) is 6.05. The molecule has 0 amide bonds. The summed E-state index contributed by atoms with van der Waals surface area (Å²) in [6.07, 6.45) is 4.54. The molecule has 4 heteroatoms. The van der Waals surface area contributed by atoms with Crippen molar-refractivity contribution in [3.05, 3.63) is 0 Å². The smallest absolute Gasteiger partial charge is 0.0613 e. The molecule has 0 aromatic carbocycles. The van der Waals surface area contributed by atoms with Crippen molar-refractivity contribution >= 4 is 0 Å². The van der Waals surface area contributed by atoms with Crippen LogP contribution in [0.5, 0.6) is 0 Å². The summed E-state index contributed by atoms with van der Waals surface area (Å²) in [5.74, 6) is 0.520. The maximum absolute atomic E-state index is 9.45. The van der Waals surface area contributed by atoms with Crippen LogP contribution in [0.15, 0.2) is 0 Å². The van der Waals surface area contributed by atoms with Gasteiger partial charge in [0.25, 0.3) is 0 Å². The van der Waals surface area contributed by atoms with Crippen LogP contribution >= 0.6 is 0 Å². The van der Waals surface area contributed by atoms with Gasteiger partial charge >= 0.3 is 0 Å². The van der Waals surface area contributed by atoms with Gasteiger partial charge < -0.3 is 20.6 Å². The molecule has 0 aromatic heterocycles. The highest BCUT2D eigenvalue weighted by atomic mass is 16.3. The molecule has 2 rings (SSSR count). The van der Waals surface area contributed by atoms with Crippen molar-refractivity contribution in [3.8, 4) is 0 Å². The van der Waals surface area contributed by atoms with Gasteiger partial charge in [-0.2, -0.15) is 0 Å². The van der Waals surface area contributed by atoms with E-state index in [0.29, 0.717) is 5.92 Å².